The number of carbonyl (C=O) groups is 3. The van der Waals surface area contributed by atoms with E-state index >= 15 is 0 Å². The highest BCUT2D eigenvalue weighted by Gasteiger charge is 2.35. The van der Waals surface area contributed by atoms with Crippen molar-refractivity contribution in [1.29, 1.82) is 0 Å². The van der Waals surface area contributed by atoms with E-state index in [1.165, 1.54) is 7.11 Å². The summed E-state index contributed by atoms with van der Waals surface area (Å²) in [5.74, 6) is -2.23. The van der Waals surface area contributed by atoms with Crippen LogP contribution in [0.1, 0.15) is 17.5 Å². The highest BCUT2D eigenvalue weighted by Crippen LogP contribution is 2.20. The number of amides is 2. The number of rotatable bonds is 7. The van der Waals surface area contributed by atoms with Crippen molar-refractivity contribution < 1.29 is 24.2 Å². The van der Waals surface area contributed by atoms with Crippen molar-refractivity contribution in [3.8, 4) is 0 Å². The third kappa shape index (κ3) is 4.55. The quantitative estimate of drug-likeness (QED) is 0.759. The molecule has 130 valence electrons. The van der Waals surface area contributed by atoms with Crippen molar-refractivity contribution in [2.24, 2.45) is 5.92 Å². The van der Waals surface area contributed by atoms with Crippen molar-refractivity contribution in [2.75, 3.05) is 20.3 Å². The van der Waals surface area contributed by atoms with Gasteiger partial charge in [0.25, 0.3) is 0 Å². The molecule has 0 radical (unpaired) electrons. The van der Waals surface area contributed by atoms with Crippen LogP contribution in [-0.2, 0) is 25.7 Å². The Kier molecular flexibility index (Phi) is 5.92. The van der Waals surface area contributed by atoms with Crippen molar-refractivity contribution in [1.82, 2.24) is 10.2 Å². The molecule has 24 heavy (non-hydrogen) atoms. The number of methoxy groups -OCH3 is 1. The highest BCUT2D eigenvalue weighted by atomic mass is 16.5. The zero-order valence-corrected chi connectivity index (χ0v) is 13.8. The molecular weight excluding hydrogens is 312 g/mol. The summed E-state index contributed by atoms with van der Waals surface area (Å²) in [7, 11) is 1.37. The number of nitrogens with zero attached hydrogens (tertiary/aromatic N) is 1. The van der Waals surface area contributed by atoms with Crippen LogP contribution in [0, 0.1) is 12.8 Å². The molecule has 1 heterocycles. The first kappa shape index (κ1) is 17.9. The Balaban J connectivity index is 1.94. The van der Waals surface area contributed by atoms with E-state index in [1.807, 2.05) is 31.2 Å². The van der Waals surface area contributed by atoms with Crippen LogP contribution in [0.2, 0.25) is 0 Å². The average Bonchev–Trinajstić information content (AvgIpc) is 2.90. The Labute approximate surface area is 140 Å². The molecule has 7 heteroatoms. The number of nitrogens with one attached hydrogen (secondary N) is 1. The first-order chi connectivity index (χ1) is 11.4. The minimum Gasteiger partial charge on any atom is -0.480 e. The number of carboxylic acid groups (broad SMARTS) is 1. The van der Waals surface area contributed by atoms with Gasteiger partial charge in [-0.05, 0) is 12.5 Å². The largest absolute Gasteiger partial charge is 0.480 e. The topological polar surface area (TPSA) is 95.9 Å². The summed E-state index contributed by atoms with van der Waals surface area (Å²) >= 11 is 0. The van der Waals surface area contributed by atoms with Crippen molar-refractivity contribution >= 4 is 17.8 Å². The molecule has 0 spiro atoms. The molecule has 2 amide bonds. The summed E-state index contributed by atoms with van der Waals surface area (Å²) in [5, 5.41) is 11.5. The number of aliphatic carboxylic acids is 1. The molecule has 0 bridgehead atoms. The lowest BCUT2D eigenvalue weighted by Gasteiger charge is -2.18. The van der Waals surface area contributed by atoms with Gasteiger partial charge in [0.05, 0.1) is 12.5 Å². The van der Waals surface area contributed by atoms with E-state index in [1.54, 1.807) is 4.90 Å². The lowest BCUT2D eigenvalue weighted by molar-refractivity contribution is -0.143. The number of carbonyl (C=O) groups excluding carboxylic acids is 2. The standard InChI is InChI=1S/C17H22N2O5/c1-11-3-5-12(6-4-11)8-19-9-13(7-15(19)20)16(21)18-14(10-24-2)17(22)23/h3-6,13-14H,7-10H2,1-2H3,(H,18,21)(H,22,23). The Morgan fingerprint density at radius 1 is 1.38 bits per heavy atom. The van der Waals surface area contributed by atoms with E-state index in [4.69, 9.17) is 9.84 Å². The number of ether oxygens (including phenoxy) is 1. The van der Waals surface area contributed by atoms with Gasteiger partial charge in [0, 0.05) is 26.6 Å². The van der Waals surface area contributed by atoms with Crippen molar-refractivity contribution in [3.63, 3.8) is 0 Å². The second kappa shape index (κ2) is 7.92. The van der Waals surface area contributed by atoms with Gasteiger partial charge >= 0.3 is 5.97 Å². The van der Waals surface area contributed by atoms with Crippen LogP contribution in [0.4, 0.5) is 0 Å². The molecular formula is C17H22N2O5. The smallest absolute Gasteiger partial charge is 0.328 e. The second-order valence-electron chi connectivity index (χ2n) is 6.02. The van der Waals surface area contributed by atoms with E-state index in [2.05, 4.69) is 5.32 Å². The summed E-state index contributed by atoms with van der Waals surface area (Å²) in [6, 6.07) is 6.75. The molecule has 7 nitrogen and oxygen atoms in total. The summed E-state index contributed by atoms with van der Waals surface area (Å²) in [5.41, 5.74) is 2.14. The van der Waals surface area contributed by atoms with Gasteiger partial charge < -0.3 is 20.1 Å². The van der Waals surface area contributed by atoms with Gasteiger partial charge in [-0.15, -0.1) is 0 Å². The summed E-state index contributed by atoms with van der Waals surface area (Å²) in [4.78, 5) is 37.0. The molecule has 2 unspecified atom stereocenters. The monoisotopic (exact) mass is 334 g/mol. The van der Waals surface area contributed by atoms with E-state index in [0.29, 0.717) is 6.54 Å². The van der Waals surface area contributed by atoms with Crippen LogP contribution in [0.5, 0.6) is 0 Å². The van der Waals surface area contributed by atoms with Crippen LogP contribution < -0.4 is 5.32 Å². The van der Waals surface area contributed by atoms with E-state index in [0.717, 1.165) is 11.1 Å². The minimum absolute atomic E-state index is 0.0943. The molecule has 0 aliphatic carbocycles. The maximum atomic E-state index is 12.2. The average molecular weight is 334 g/mol. The predicted molar refractivity (Wildman–Crippen MR) is 86.1 cm³/mol. The second-order valence-corrected chi connectivity index (χ2v) is 6.02. The van der Waals surface area contributed by atoms with E-state index in [-0.39, 0.29) is 25.5 Å². The van der Waals surface area contributed by atoms with Crippen LogP contribution in [0.3, 0.4) is 0 Å². The number of carboxylic acids is 1. The number of likely N-dealkylation sites (tertiary alicyclic amines) is 1. The van der Waals surface area contributed by atoms with Crippen LogP contribution in [0.25, 0.3) is 0 Å². The van der Waals surface area contributed by atoms with Gasteiger partial charge in [0.1, 0.15) is 0 Å². The SMILES string of the molecule is COCC(NC(=O)C1CC(=O)N(Cc2ccc(C)cc2)C1)C(=O)O. The molecule has 1 fully saturated rings. The van der Waals surface area contributed by atoms with Gasteiger partial charge in [-0.2, -0.15) is 0 Å². The molecule has 1 aromatic rings. The summed E-state index contributed by atoms with van der Waals surface area (Å²) in [6.45, 7) is 2.61. The van der Waals surface area contributed by atoms with Crippen molar-refractivity contribution in [3.05, 3.63) is 35.4 Å². The molecule has 1 aliphatic heterocycles. The first-order valence-corrected chi connectivity index (χ1v) is 7.76. The molecule has 2 atom stereocenters. The van der Waals surface area contributed by atoms with Crippen molar-refractivity contribution in [2.45, 2.75) is 25.9 Å². The summed E-state index contributed by atoms with van der Waals surface area (Å²) < 4.78 is 4.79. The number of hydrogen-bond acceptors (Lipinski definition) is 4. The van der Waals surface area contributed by atoms with Crippen LogP contribution in [-0.4, -0.2) is 54.1 Å². The maximum absolute atomic E-state index is 12.2. The Bertz CT molecular complexity index is 614. The fourth-order valence-electron chi connectivity index (χ4n) is 2.65. The number of aryl methyl sites for hydroxylation is 1. The Morgan fingerprint density at radius 3 is 2.62 bits per heavy atom. The van der Waals surface area contributed by atoms with Gasteiger partial charge in [-0.25, -0.2) is 4.79 Å². The van der Waals surface area contributed by atoms with Gasteiger partial charge in [0.15, 0.2) is 6.04 Å². The van der Waals surface area contributed by atoms with Crippen LogP contribution in [0.15, 0.2) is 24.3 Å². The molecule has 0 aromatic heterocycles. The van der Waals surface area contributed by atoms with E-state index < -0.39 is 23.8 Å². The van der Waals surface area contributed by atoms with Gasteiger partial charge in [0.2, 0.25) is 11.8 Å². The molecule has 1 aromatic carbocycles. The normalized spacial score (nSPS) is 18.5. The molecule has 1 aliphatic rings. The number of hydrogen-bond donors (Lipinski definition) is 2. The Morgan fingerprint density at radius 2 is 2.04 bits per heavy atom. The van der Waals surface area contributed by atoms with Crippen LogP contribution >= 0.6 is 0 Å². The van der Waals surface area contributed by atoms with Gasteiger partial charge in [-0.1, -0.05) is 29.8 Å². The van der Waals surface area contributed by atoms with E-state index in [9.17, 15) is 14.4 Å². The molecule has 2 N–H and O–H groups in total. The number of benzene rings is 1. The molecule has 0 saturated carbocycles. The van der Waals surface area contributed by atoms with Gasteiger partial charge in [-0.3, -0.25) is 9.59 Å². The fraction of sp³-hybridized carbons (Fsp3) is 0.471. The summed E-state index contributed by atoms with van der Waals surface area (Å²) in [6.07, 6.45) is 0.0943. The third-order valence-corrected chi connectivity index (χ3v) is 4.03. The zero-order chi connectivity index (χ0) is 17.7. The first-order valence-electron chi connectivity index (χ1n) is 7.76. The minimum atomic E-state index is -1.16. The maximum Gasteiger partial charge on any atom is 0.328 e. The lowest BCUT2D eigenvalue weighted by Crippen LogP contribution is -2.46. The lowest BCUT2D eigenvalue weighted by atomic mass is 10.1. The third-order valence-electron chi connectivity index (χ3n) is 4.03. The molecule has 2 rings (SSSR count). The zero-order valence-electron chi connectivity index (χ0n) is 13.8. The highest BCUT2D eigenvalue weighted by molar-refractivity contribution is 5.91. The predicted octanol–water partition coefficient (Wildman–Crippen LogP) is 0.559. The Hall–Kier alpha value is -2.41. The fourth-order valence-corrected chi connectivity index (χ4v) is 2.65. The molecule has 1 saturated heterocycles.